The Morgan fingerprint density at radius 3 is 2.45 bits per heavy atom. The maximum absolute atomic E-state index is 13.5. The monoisotopic (exact) mass is 444 g/mol. The predicted molar refractivity (Wildman–Crippen MR) is 125 cm³/mol. The molecule has 0 aliphatic carbocycles. The Labute approximate surface area is 191 Å². The minimum absolute atomic E-state index is 0.0506. The highest BCUT2D eigenvalue weighted by atomic mass is 16.7. The number of rotatable bonds is 6. The highest BCUT2D eigenvalue weighted by molar-refractivity contribution is 5.88. The smallest absolute Gasteiger partial charge is 0.239 e. The Hall–Kier alpha value is -3.77. The zero-order valence-corrected chi connectivity index (χ0v) is 18.0. The number of phenols is 1. The van der Waals surface area contributed by atoms with Crippen molar-refractivity contribution in [3.8, 4) is 28.6 Å². The number of ether oxygens (including phenoxy) is 3. The maximum Gasteiger partial charge on any atom is 0.239 e. The van der Waals surface area contributed by atoms with Crippen LogP contribution in [-0.2, 0) is 11.3 Å². The van der Waals surface area contributed by atoms with Crippen molar-refractivity contribution in [3.05, 3.63) is 88.6 Å². The van der Waals surface area contributed by atoms with Gasteiger partial charge < -0.3 is 23.7 Å². The van der Waals surface area contributed by atoms with Gasteiger partial charge >= 0.3 is 0 Å². The van der Waals surface area contributed by atoms with Crippen LogP contribution < -0.4 is 14.9 Å². The van der Waals surface area contributed by atoms with Crippen LogP contribution in [0.3, 0.4) is 0 Å². The van der Waals surface area contributed by atoms with Crippen molar-refractivity contribution in [2.24, 2.45) is 0 Å². The number of aromatic hydroxyl groups is 1. The van der Waals surface area contributed by atoms with Crippen LogP contribution in [0.4, 0.5) is 0 Å². The lowest BCUT2D eigenvalue weighted by atomic mass is 10.1. The van der Waals surface area contributed by atoms with Gasteiger partial charge in [-0.25, -0.2) is 0 Å². The van der Waals surface area contributed by atoms with E-state index in [1.807, 2.05) is 60.7 Å². The lowest BCUT2D eigenvalue weighted by Gasteiger charge is -2.23. The Bertz CT molecular complexity index is 1290. The standard InChI is InChI=1S/C27H24O6/c28-21-15-20(32-23-13-7-8-14-30-23)16-22-24(21)25(29)27(31-17-18-9-3-1-4-10-18)26(33-22)19-11-5-2-6-12-19/h1-6,9-12,15-16,23,28H,7-8,13-14,17H2. The molecular formula is C27H24O6. The van der Waals surface area contributed by atoms with Crippen molar-refractivity contribution in [2.75, 3.05) is 6.61 Å². The molecule has 4 aromatic rings. The van der Waals surface area contributed by atoms with Gasteiger partial charge in [-0.2, -0.15) is 0 Å². The molecule has 0 saturated carbocycles. The van der Waals surface area contributed by atoms with E-state index in [9.17, 15) is 9.90 Å². The molecule has 3 aromatic carbocycles. The molecule has 5 rings (SSSR count). The van der Waals surface area contributed by atoms with E-state index in [1.54, 1.807) is 6.07 Å². The van der Waals surface area contributed by atoms with Gasteiger partial charge in [-0.1, -0.05) is 60.7 Å². The molecule has 1 N–H and O–H groups in total. The summed E-state index contributed by atoms with van der Waals surface area (Å²) in [5.74, 6) is 0.509. The van der Waals surface area contributed by atoms with Gasteiger partial charge in [-0.05, 0) is 18.4 Å². The molecule has 2 heterocycles. The van der Waals surface area contributed by atoms with Crippen molar-refractivity contribution in [1.29, 1.82) is 0 Å². The van der Waals surface area contributed by atoms with Crippen LogP contribution in [0.1, 0.15) is 24.8 Å². The number of hydrogen-bond acceptors (Lipinski definition) is 6. The van der Waals surface area contributed by atoms with Crippen LogP contribution in [0.2, 0.25) is 0 Å². The molecule has 33 heavy (non-hydrogen) atoms. The van der Waals surface area contributed by atoms with E-state index in [0.717, 1.165) is 24.8 Å². The molecule has 1 aliphatic rings. The van der Waals surface area contributed by atoms with Gasteiger partial charge in [0.2, 0.25) is 11.2 Å². The summed E-state index contributed by atoms with van der Waals surface area (Å²) in [7, 11) is 0. The lowest BCUT2D eigenvalue weighted by Crippen LogP contribution is -2.25. The Morgan fingerprint density at radius 1 is 0.970 bits per heavy atom. The zero-order chi connectivity index (χ0) is 22.6. The molecule has 1 saturated heterocycles. The molecule has 1 aliphatic heterocycles. The fraction of sp³-hybridized carbons (Fsp3) is 0.222. The van der Waals surface area contributed by atoms with E-state index in [4.69, 9.17) is 18.6 Å². The van der Waals surface area contributed by atoms with Crippen molar-refractivity contribution < 1.29 is 23.7 Å². The predicted octanol–water partition coefficient (Wildman–Crippen LogP) is 5.65. The zero-order valence-electron chi connectivity index (χ0n) is 18.0. The summed E-state index contributed by atoms with van der Waals surface area (Å²) in [6, 6.07) is 21.9. The molecule has 1 aromatic heterocycles. The van der Waals surface area contributed by atoms with Crippen LogP contribution in [0.5, 0.6) is 17.2 Å². The van der Waals surface area contributed by atoms with Crippen LogP contribution >= 0.6 is 0 Å². The van der Waals surface area contributed by atoms with E-state index >= 15 is 0 Å². The van der Waals surface area contributed by atoms with Crippen LogP contribution in [0.25, 0.3) is 22.3 Å². The van der Waals surface area contributed by atoms with Gasteiger partial charge in [0.05, 0.1) is 6.61 Å². The molecule has 1 fully saturated rings. The van der Waals surface area contributed by atoms with Gasteiger partial charge in [0.25, 0.3) is 0 Å². The second-order valence-corrected chi connectivity index (χ2v) is 7.96. The molecule has 6 nitrogen and oxygen atoms in total. The Morgan fingerprint density at radius 2 is 1.73 bits per heavy atom. The quantitative estimate of drug-likeness (QED) is 0.414. The summed E-state index contributed by atoms with van der Waals surface area (Å²) in [5, 5.41) is 10.7. The van der Waals surface area contributed by atoms with Crippen LogP contribution in [0.15, 0.2) is 82.0 Å². The first-order chi connectivity index (χ1) is 16.2. The highest BCUT2D eigenvalue weighted by Crippen LogP contribution is 2.36. The molecular weight excluding hydrogens is 420 g/mol. The van der Waals surface area contributed by atoms with Crippen molar-refractivity contribution in [3.63, 3.8) is 0 Å². The first kappa shape index (κ1) is 21.1. The average molecular weight is 444 g/mol. The summed E-state index contributed by atoms with van der Waals surface area (Å²) in [6.07, 6.45) is 2.40. The lowest BCUT2D eigenvalue weighted by molar-refractivity contribution is -0.105. The summed E-state index contributed by atoms with van der Waals surface area (Å²) in [6.45, 7) is 0.831. The van der Waals surface area contributed by atoms with Crippen molar-refractivity contribution >= 4 is 11.0 Å². The summed E-state index contributed by atoms with van der Waals surface area (Å²) in [4.78, 5) is 13.5. The van der Waals surface area contributed by atoms with E-state index in [0.29, 0.717) is 23.7 Å². The number of phenolic OH excluding ortho intramolecular Hbond substituents is 1. The second-order valence-electron chi connectivity index (χ2n) is 7.96. The van der Waals surface area contributed by atoms with Gasteiger partial charge in [0.1, 0.15) is 29.1 Å². The molecule has 168 valence electrons. The maximum atomic E-state index is 13.5. The van der Waals surface area contributed by atoms with E-state index in [-0.39, 0.29) is 35.4 Å². The first-order valence-corrected chi connectivity index (χ1v) is 11.0. The molecule has 0 spiro atoms. The van der Waals surface area contributed by atoms with Crippen LogP contribution in [0, 0.1) is 0 Å². The Balaban J connectivity index is 1.58. The second kappa shape index (κ2) is 9.38. The van der Waals surface area contributed by atoms with Gasteiger partial charge in [-0.3, -0.25) is 4.79 Å². The Kier molecular flexibility index (Phi) is 6.00. The fourth-order valence-corrected chi connectivity index (χ4v) is 3.92. The third-order valence-electron chi connectivity index (χ3n) is 5.57. The van der Waals surface area contributed by atoms with Gasteiger partial charge in [0.15, 0.2) is 12.1 Å². The third kappa shape index (κ3) is 4.56. The van der Waals surface area contributed by atoms with Crippen molar-refractivity contribution in [2.45, 2.75) is 32.2 Å². The fourth-order valence-electron chi connectivity index (χ4n) is 3.92. The van der Waals surface area contributed by atoms with E-state index in [2.05, 4.69) is 0 Å². The van der Waals surface area contributed by atoms with Gasteiger partial charge in [-0.15, -0.1) is 0 Å². The SMILES string of the molecule is O=c1c(OCc2ccccc2)c(-c2ccccc2)oc2cc(OC3CCCCO3)cc(O)c12. The molecule has 1 unspecified atom stereocenters. The summed E-state index contributed by atoms with van der Waals surface area (Å²) in [5.41, 5.74) is 1.39. The first-order valence-electron chi connectivity index (χ1n) is 11.0. The molecule has 1 atom stereocenters. The molecule has 6 heteroatoms. The van der Waals surface area contributed by atoms with Crippen molar-refractivity contribution in [1.82, 2.24) is 0 Å². The number of fused-ring (bicyclic) bond motifs is 1. The normalized spacial score (nSPS) is 15.9. The molecule has 0 radical (unpaired) electrons. The molecule has 0 bridgehead atoms. The average Bonchev–Trinajstić information content (AvgIpc) is 2.85. The topological polar surface area (TPSA) is 78.1 Å². The van der Waals surface area contributed by atoms with Gasteiger partial charge in [0, 0.05) is 24.1 Å². The number of benzene rings is 3. The molecule has 0 amide bonds. The summed E-state index contributed by atoms with van der Waals surface area (Å²) < 4.78 is 23.6. The number of hydrogen-bond donors (Lipinski definition) is 1. The van der Waals surface area contributed by atoms with E-state index in [1.165, 1.54) is 6.07 Å². The summed E-state index contributed by atoms with van der Waals surface area (Å²) >= 11 is 0. The third-order valence-corrected chi connectivity index (χ3v) is 5.57. The van der Waals surface area contributed by atoms with Crippen LogP contribution in [-0.4, -0.2) is 18.0 Å². The minimum Gasteiger partial charge on any atom is -0.507 e. The highest BCUT2D eigenvalue weighted by Gasteiger charge is 2.22. The van der Waals surface area contributed by atoms with E-state index < -0.39 is 5.43 Å². The minimum atomic E-state index is -0.441. The largest absolute Gasteiger partial charge is 0.507 e.